The Hall–Kier alpha value is -0.0400. The van der Waals surface area contributed by atoms with Crippen molar-refractivity contribution < 1.29 is 4.74 Å². The van der Waals surface area contributed by atoms with E-state index >= 15 is 0 Å². The van der Waals surface area contributed by atoms with Crippen molar-refractivity contribution >= 4 is 0 Å². The molecule has 4 atom stereocenters. The zero-order chi connectivity index (χ0) is 8.40. The van der Waals surface area contributed by atoms with E-state index in [-0.39, 0.29) is 0 Å². The summed E-state index contributed by atoms with van der Waals surface area (Å²) in [5, 5.41) is 0. The molecule has 0 aromatic carbocycles. The molecule has 3 fully saturated rings. The predicted molar refractivity (Wildman–Crippen MR) is 47.9 cm³/mol. The van der Waals surface area contributed by atoms with E-state index in [9.17, 15) is 0 Å². The van der Waals surface area contributed by atoms with Gasteiger partial charge in [-0.2, -0.15) is 0 Å². The van der Waals surface area contributed by atoms with Gasteiger partial charge >= 0.3 is 0 Å². The highest BCUT2D eigenvalue weighted by atomic mass is 16.6. The molecule has 1 heterocycles. The Morgan fingerprint density at radius 1 is 1.08 bits per heavy atom. The summed E-state index contributed by atoms with van der Waals surface area (Å²) < 4.78 is 5.55. The van der Waals surface area contributed by atoms with Crippen molar-refractivity contribution in [3.8, 4) is 0 Å². The van der Waals surface area contributed by atoms with Crippen LogP contribution in [0.15, 0.2) is 0 Å². The van der Waals surface area contributed by atoms with Crippen LogP contribution in [0.3, 0.4) is 0 Å². The SMILES string of the molecule is CC12CC1CCC(C1(C)CO1)C2. The van der Waals surface area contributed by atoms with E-state index in [4.69, 9.17) is 4.74 Å². The largest absolute Gasteiger partial charge is 0.370 e. The van der Waals surface area contributed by atoms with Crippen LogP contribution in [-0.4, -0.2) is 12.2 Å². The van der Waals surface area contributed by atoms with E-state index < -0.39 is 0 Å². The van der Waals surface area contributed by atoms with Crippen molar-refractivity contribution in [2.24, 2.45) is 17.3 Å². The third-order valence-corrected chi connectivity index (χ3v) is 4.58. The molecule has 0 bridgehead atoms. The maximum absolute atomic E-state index is 5.55. The molecule has 1 nitrogen and oxygen atoms in total. The van der Waals surface area contributed by atoms with Gasteiger partial charge in [-0.05, 0) is 49.9 Å². The molecular formula is C11H18O. The average Bonchev–Trinajstić information content (AvgIpc) is 2.86. The normalized spacial score (nSPS) is 62.5. The average molecular weight is 166 g/mol. The lowest BCUT2D eigenvalue weighted by molar-refractivity contribution is 0.156. The van der Waals surface area contributed by atoms with E-state index in [1.165, 1.54) is 25.7 Å². The number of hydrogen-bond acceptors (Lipinski definition) is 1. The van der Waals surface area contributed by atoms with Crippen LogP contribution in [0.4, 0.5) is 0 Å². The maximum Gasteiger partial charge on any atom is 0.0916 e. The summed E-state index contributed by atoms with van der Waals surface area (Å²) in [7, 11) is 0. The van der Waals surface area contributed by atoms with Gasteiger partial charge in [0, 0.05) is 0 Å². The molecule has 1 aliphatic heterocycles. The Kier molecular flexibility index (Phi) is 1.16. The highest BCUT2D eigenvalue weighted by Gasteiger charge is 2.58. The first-order chi connectivity index (χ1) is 5.62. The summed E-state index contributed by atoms with van der Waals surface area (Å²) in [5.74, 6) is 1.96. The van der Waals surface area contributed by atoms with Gasteiger partial charge in [0.15, 0.2) is 0 Å². The van der Waals surface area contributed by atoms with Crippen LogP contribution in [0.1, 0.15) is 39.5 Å². The zero-order valence-electron chi connectivity index (χ0n) is 8.10. The van der Waals surface area contributed by atoms with Crippen molar-refractivity contribution in [1.82, 2.24) is 0 Å². The number of rotatable bonds is 1. The quantitative estimate of drug-likeness (QED) is 0.545. The third-order valence-electron chi connectivity index (χ3n) is 4.58. The Labute approximate surface area is 74.5 Å². The molecule has 0 N–H and O–H groups in total. The monoisotopic (exact) mass is 166 g/mol. The van der Waals surface area contributed by atoms with Crippen LogP contribution < -0.4 is 0 Å². The Balaban J connectivity index is 1.74. The van der Waals surface area contributed by atoms with Gasteiger partial charge < -0.3 is 4.74 Å². The molecule has 0 aromatic heterocycles. The number of epoxide rings is 1. The predicted octanol–water partition coefficient (Wildman–Crippen LogP) is 2.60. The second-order valence-electron chi connectivity index (χ2n) is 5.63. The first-order valence-electron chi connectivity index (χ1n) is 5.26. The highest BCUT2D eigenvalue weighted by molar-refractivity contribution is 5.08. The number of hydrogen-bond donors (Lipinski definition) is 0. The summed E-state index contributed by atoms with van der Waals surface area (Å²) in [4.78, 5) is 0. The fourth-order valence-electron chi connectivity index (χ4n) is 3.14. The molecule has 3 aliphatic rings. The molecule has 0 spiro atoms. The van der Waals surface area contributed by atoms with Crippen LogP contribution in [0, 0.1) is 17.3 Å². The van der Waals surface area contributed by atoms with Crippen molar-refractivity contribution in [1.29, 1.82) is 0 Å². The summed E-state index contributed by atoms with van der Waals surface area (Å²) in [6.45, 7) is 5.79. The lowest BCUT2D eigenvalue weighted by Crippen LogP contribution is -2.27. The second-order valence-corrected chi connectivity index (χ2v) is 5.63. The first kappa shape index (κ1) is 7.37. The molecule has 68 valence electrons. The Morgan fingerprint density at radius 3 is 2.25 bits per heavy atom. The molecule has 1 heteroatoms. The molecule has 4 unspecified atom stereocenters. The van der Waals surface area contributed by atoms with Crippen molar-refractivity contribution in [3.63, 3.8) is 0 Å². The Bertz CT molecular complexity index is 219. The summed E-state index contributed by atoms with van der Waals surface area (Å²) >= 11 is 0. The van der Waals surface area contributed by atoms with Gasteiger partial charge in [-0.25, -0.2) is 0 Å². The lowest BCUT2D eigenvalue weighted by Gasteiger charge is -2.29. The fraction of sp³-hybridized carbons (Fsp3) is 1.00. The van der Waals surface area contributed by atoms with E-state index in [1.54, 1.807) is 0 Å². The highest BCUT2D eigenvalue weighted by Crippen LogP contribution is 2.64. The fourth-order valence-corrected chi connectivity index (χ4v) is 3.14. The summed E-state index contributed by atoms with van der Waals surface area (Å²) in [6, 6.07) is 0. The van der Waals surface area contributed by atoms with Crippen LogP contribution in [0.2, 0.25) is 0 Å². The van der Waals surface area contributed by atoms with Gasteiger partial charge in [-0.3, -0.25) is 0 Å². The maximum atomic E-state index is 5.55. The van der Waals surface area contributed by atoms with Gasteiger partial charge in [-0.15, -0.1) is 0 Å². The molecule has 2 aliphatic carbocycles. The molecular weight excluding hydrogens is 148 g/mol. The minimum absolute atomic E-state index is 0.302. The standard InChI is InChI=1S/C11H18O/c1-10-5-8(10)3-4-9(6-10)11(2)7-12-11/h8-9H,3-7H2,1-2H3. The Morgan fingerprint density at radius 2 is 1.67 bits per heavy atom. The smallest absolute Gasteiger partial charge is 0.0916 e. The lowest BCUT2D eigenvalue weighted by atomic mass is 9.76. The molecule has 0 aromatic rings. The van der Waals surface area contributed by atoms with Crippen LogP contribution in [0.25, 0.3) is 0 Å². The number of ether oxygens (including phenoxy) is 1. The molecule has 0 amide bonds. The third kappa shape index (κ3) is 0.891. The minimum Gasteiger partial charge on any atom is -0.370 e. The van der Waals surface area contributed by atoms with Gasteiger partial charge in [0.25, 0.3) is 0 Å². The number of fused-ring (bicyclic) bond motifs is 1. The molecule has 1 saturated heterocycles. The summed E-state index contributed by atoms with van der Waals surface area (Å²) in [6.07, 6.45) is 5.84. The van der Waals surface area contributed by atoms with Crippen molar-refractivity contribution in [2.45, 2.75) is 45.1 Å². The van der Waals surface area contributed by atoms with Crippen LogP contribution in [-0.2, 0) is 4.74 Å². The molecule has 12 heavy (non-hydrogen) atoms. The van der Waals surface area contributed by atoms with Crippen LogP contribution >= 0.6 is 0 Å². The summed E-state index contributed by atoms with van der Waals surface area (Å²) in [5.41, 5.74) is 1.04. The van der Waals surface area contributed by atoms with Crippen molar-refractivity contribution in [3.05, 3.63) is 0 Å². The van der Waals surface area contributed by atoms with Crippen molar-refractivity contribution in [2.75, 3.05) is 6.61 Å². The van der Waals surface area contributed by atoms with E-state index in [0.717, 1.165) is 23.9 Å². The van der Waals surface area contributed by atoms with Crippen LogP contribution in [0.5, 0.6) is 0 Å². The van der Waals surface area contributed by atoms with Gasteiger partial charge in [0.2, 0.25) is 0 Å². The topological polar surface area (TPSA) is 12.5 Å². The minimum atomic E-state index is 0.302. The first-order valence-corrected chi connectivity index (χ1v) is 5.26. The van der Waals surface area contributed by atoms with Gasteiger partial charge in [-0.1, -0.05) is 6.92 Å². The van der Waals surface area contributed by atoms with E-state index in [2.05, 4.69) is 13.8 Å². The van der Waals surface area contributed by atoms with E-state index in [1.807, 2.05) is 0 Å². The molecule has 3 rings (SSSR count). The molecule has 2 saturated carbocycles. The zero-order valence-corrected chi connectivity index (χ0v) is 8.10. The van der Waals surface area contributed by atoms with Gasteiger partial charge in [0.05, 0.1) is 12.2 Å². The van der Waals surface area contributed by atoms with E-state index in [0.29, 0.717) is 5.60 Å². The second kappa shape index (κ2) is 1.89. The molecule has 0 radical (unpaired) electrons. The van der Waals surface area contributed by atoms with Gasteiger partial charge in [0.1, 0.15) is 0 Å².